The molecule has 0 spiro atoms. The number of hydrogen-bond donors (Lipinski definition) is 1. The van der Waals surface area contributed by atoms with Crippen LogP contribution in [0.1, 0.15) is 5.69 Å². The second kappa shape index (κ2) is 2.35. The summed E-state index contributed by atoms with van der Waals surface area (Å²) in [6, 6.07) is 0. The summed E-state index contributed by atoms with van der Waals surface area (Å²) in [5, 5.41) is 8.83. The molecule has 1 radical (unpaired) electrons. The number of allylic oxidation sites excluding steroid dienone is 1. The van der Waals surface area contributed by atoms with Crippen molar-refractivity contribution in [3.63, 3.8) is 0 Å². The van der Waals surface area contributed by atoms with Crippen molar-refractivity contribution >= 4 is 0 Å². The molecule has 1 aromatic heterocycles. The Kier molecular flexibility index (Phi) is 1.53. The minimum Gasteiger partial charge on any atom is -0.426 e. The number of hydrogen-bond acceptors (Lipinski definition) is 2. The van der Waals surface area contributed by atoms with Gasteiger partial charge in [0, 0.05) is 6.42 Å². The summed E-state index contributed by atoms with van der Waals surface area (Å²) in [6.07, 6.45) is 6.18. The fourth-order valence-corrected chi connectivity index (χ4v) is 0.564. The fraction of sp³-hybridized carbons (Fsp3) is 0.167. The normalized spacial score (nSPS) is 9.33. The van der Waals surface area contributed by atoms with Crippen LogP contribution in [-0.4, -0.2) is 14.9 Å². The van der Waals surface area contributed by atoms with Crippen LogP contribution in [0.2, 0.25) is 0 Å². The van der Waals surface area contributed by atoms with Crippen LogP contribution in [0.15, 0.2) is 18.9 Å². The molecule has 1 aromatic rings. The van der Waals surface area contributed by atoms with Gasteiger partial charge in [0.1, 0.15) is 0 Å². The maximum Gasteiger partial charge on any atom is 0.214 e. The van der Waals surface area contributed by atoms with Crippen molar-refractivity contribution in [3.8, 4) is 0 Å². The third kappa shape index (κ3) is 1.10. The van der Waals surface area contributed by atoms with Crippen LogP contribution in [0.5, 0.6) is 0 Å². The molecule has 0 aromatic carbocycles. The summed E-state index contributed by atoms with van der Waals surface area (Å²) in [4.78, 5) is 3.58. The molecule has 0 aliphatic carbocycles. The summed E-state index contributed by atoms with van der Waals surface area (Å²) in [5.74, 6) is 0. The average Bonchev–Trinajstić information content (AvgIpc) is 2.18. The lowest BCUT2D eigenvalue weighted by molar-refractivity contribution is 0.175. The van der Waals surface area contributed by atoms with Crippen molar-refractivity contribution in [2.75, 3.05) is 0 Å². The third-order valence-electron chi connectivity index (χ3n) is 0.992. The third-order valence-corrected chi connectivity index (χ3v) is 0.992. The monoisotopic (exact) mass is 123 g/mol. The Balaban J connectivity index is 2.80. The lowest BCUT2D eigenvalue weighted by Gasteiger charge is -1.91. The van der Waals surface area contributed by atoms with Gasteiger partial charge in [-0.1, -0.05) is 6.08 Å². The lowest BCUT2D eigenvalue weighted by atomic mass is 10.3. The highest BCUT2D eigenvalue weighted by Crippen LogP contribution is 1.95. The van der Waals surface area contributed by atoms with E-state index in [-0.39, 0.29) is 0 Å². The number of nitrogens with zero attached hydrogens (tertiary/aromatic N) is 2. The van der Waals surface area contributed by atoms with Crippen LogP contribution in [0, 0.1) is 6.33 Å². The molecule has 0 bridgehead atoms. The molecule has 47 valence electrons. The fourth-order valence-electron chi connectivity index (χ4n) is 0.564. The van der Waals surface area contributed by atoms with Crippen molar-refractivity contribution in [1.29, 1.82) is 0 Å². The van der Waals surface area contributed by atoms with Gasteiger partial charge in [0.25, 0.3) is 0 Å². The second-order valence-electron chi connectivity index (χ2n) is 1.65. The van der Waals surface area contributed by atoms with Gasteiger partial charge in [-0.2, -0.15) is 4.73 Å². The van der Waals surface area contributed by atoms with Crippen molar-refractivity contribution in [2.24, 2.45) is 0 Å². The van der Waals surface area contributed by atoms with E-state index in [0.717, 1.165) is 4.73 Å². The summed E-state index contributed by atoms with van der Waals surface area (Å²) >= 11 is 0. The number of rotatable bonds is 2. The molecule has 1 heterocycles. The van der Waals surface area contributed by atoms with Crippen LogP contribution < -0.4 is 0 Å². The molecule has 1 rings (SSSR count). The van der Waals surface area contributed by atoms with Gasteiger partial charge in [-0.15, -0.1) is 6.58 Å². The molecule has 0 saturated heterocycles. The van der Waals surface area contributed by atoms with Gasteiger partial charge in [0.2, 0.25) is 6.33 Å². The van der Waals surface area contributed by atoms with Crippen molar-refractivity contribution in [1.82, 2.24) is 9.71 Å². The Morgan fingerprint density at radius 2 is 2.78 bits per heavy atom. The van der Waals surface area contributed by atoms with E-state index in [1.807, 2.05) is 0 Å². The van der Waals surface area contributed by atoms with Crippen molar-refractivity contribution in [3.05, 3.63) is 30.9 Å². The van der Waals surface area contributed by atoms with E-state index in [2.05, 4.69) is 17.9 Å². The maximum absolute atomic E-state index is 8.83. The molecule has 0 aliphatic rings. The van der Waals surface area contributed by atoms with Gasteiger partial charge < -0.3 is 5.21 Å². The molecule has 3 nitrogen and oxygen atoms in total. The first-order valence-electron chi connectivity index (χ1n) is 2.59. The highest BCUT2D eigenvalue weighted by molar-refractivity contribution is 5.00. The van der Waals surface area contributed by atoms with Crippen LogP contribution in [-0.2, 0) is 6.42 Å². The Morgan fingerprint density at radius 3 is 3.22 bits per heavy atom. The second-order valence-corrected chi connectivity index (χ2v) is 1.65. The molecular formula is C6H7N2O. The van der Waals surface area contributed by atoms with E-state index in [1.54, 1.807) is 12.3 Å². The first-order chi connectivity index (χ1) is 4.34. The zero-order valence-electron chi connectivity index (χ0n) is 4.91. The Hall–Kier alpha value is -1.25. The smallest absolute Gasteiger partial charge is 0.214 e. The van der Waals surface area contributed by atoms with E-state index in [4.69, 9.17) is 5.21 Å². The van der Waals surface area contributed by atoms with Crippen molar-refractivity contribution in [2.45, 2.75) is 6.42 Å². The van der Waals surface area contributed by atoms with E-state index >= 15 is 0 Å². The molecule has 0 unspecified atom stereocenters. The first kappa shape index (κ1) is 5.88. The van der Waals surface area contributed by atoms with E-state index < -0.39 is 0 Å². The lowest BCUT2D eigenvalue weighted by Crippen LogP contribution is -1.93. The molecule has 3 heteroatoms. The molecule has 0 atom stereocenters. The van der Waals surface area contributed by atoms with E-state index in [1.165, 1.54) is 0 Å². The molecule has 0 aliphatic heterocycles. The zero-order valence-corrected chi connectivity index (χ0v) is 4.91. The number of imidazole rings is 1. The first-order valence-corrected chi connectivity index (χ1v) is 2.59. The van der Waals surface area contributed by atoms with Crippen LogP contribution >= 0.6 is 0 Å². The number of aromatic nitrogens is 2. The predicted octanol–water partition coefficient (Wildman–Crippen LogP) is 0.649. The molecule has 9 heavy (non-hydrogen) atoms. The maximum atomic E-state index is 8.83. The Morgan fingerprint density at radius 1 is 2.00 bits per heavy atom. The van der Waals surface area contributed by atoms with Crippen LogP contribution in [0.3, 0.4) is 0 Å². The standard InChI is InChI=1S/C6H7N2O/c1-2-3-6-4-7-5-8(6)9/h2,4,9H,1,3H2. The quantitative estimate of drug-likeness (QED) is 0.463. The molecule has 0 saturated carbocycles. The Labute approximate surface area is 53.2 Å². The average molecular weight is 123 g/mol. The van der Waals surface area contributed by atoms with Gasteiger partial charge >= 0.3 is 0 Å². The van der Waals surface area contributed by atoms with Gasteiger partial charge in [-0.3, -0.25) is 0 Å². The Bertz CT molecular complexity index is 205. The van der Waals surface area contributed by atoms with E-state index in [9.17, 15) is 0 Å². The van der Waals surface area contributed by atoms with Gasteiger partial charge in [0.05, 0.1) is 11.9 Å². The zero-order chi connectivity index (χ0) is 6.69. The minimum absolute atomic E-state index is 0.618. The van der Waals surface area contributed by atoms with Crippen LogP contribution in [0.4, 0.5) is 0 Å². The van der Waals surface area contributed by atoms with Gasteiger partial charge in [-0.05, 0) is 0 Å². The summed E-state index contributed by atoms with van der Waals surface area (Å²) in [5.41, 5.74) is 0.699. The van der Waals surface area contributed by atoms with Crippen LogP contribution in [0.25, 0.3) is 0 Å². The topological polar surface area (TPSA) is 38.0 Å². The predicted molar refractivity (Wildman–Crippen MR) is 32.1 cm³/mol. The van der Waals surface area contributed by atoms with Crippen molar-refractivity contribution < 1.29 is 5.21 Å². The minimum atomic E-state index is 0.618. The highest BCUT2D eigenvalue weighted by Gasteiger charge is 1.95. The van der Waals surface area contributed by atoms with Gasteiger partial charge in [-0.25, -0.2) is 4.98 Å². The molecule has 0 fully saturated rings. The summed E-state index contributed by atoms with van der Waals surface area (Å²) in [7, 11) is 0. The molecule has 0 amide bonds. The highest BCUT2D eigenvalue weighted by atomic mass is 16.5. The molecular weight excluding hydrogens is 116 g/mol. The molecule has 1 N–H and O–H groups in total. The van der Waals surface area contributed by atoms with E-state index in [0.29, 0.717) is 12.1 Å². The van der Waals surface area contributed by atoms with Gasteiger partial charge in [0.15, 0.2) is 0 Å². The summed E-state index contributed by atoms with van der Waals surface area (Å²) in [6.45, 7) is 3.51. The summed E-state index contributed by atoms with van der Waals surface area (Å²) < 4.78 is 0.863. The largest absolute Gasteiger partial charge is 0.426 e. The SMILES string of the molecule is C=CCc1cn[c]n1O.